The number of amides is 4. The summed E-state index contributed by atoms with van der Waals surface area (Å²) in [6.07, 6.45) is 4.18. The van der Waals surface area contributed by atoms with Gasteiger partial charge in [-0.25, -0.2) is 17.6 Å². The van der Waals surface area contributed by atoms with Crippen LogP contribution in [0.25, 0.3) is 0 Å². The zero-order valence-corrected chi connectivity index (χ0v) is 23.6. The standard InChI is InChI=1S/C28H35FN4O7S/c1-33-13-7-3-2-4-8-17-15-28(17,41(38,39)19-11-12-19)32-25(36)27(24(30)35)16-18(14-20(27)23(33)34)40-26(37)31-22-10-6-5-9-21(22)29/h4-6,8-10,17-20H,2-3,7,11-16H2,1H3,(H2,30,35)(H,31,37)(H,32,36)/b8-4-. The molecule has 4 aliphatic rings. The minimum atomic E-state index is -3.79. The van der Waals surface area contributed by atoms with Gasteiger partial charge in [0, 0.05) is 25.9 Å². The van der Waals surface area contributed by atoms with E-state index in [1.807, 2.05) is 12.2 Å². The van der Waals surface area contributed by atoms with E-state index in [1.54, 1.807) is 7.05 Å². The monoisotopic (exact) mass is 590 g/mol. The first-order valence-electron chi connectivity index (χ1n) is 13.9. The number of allylic oxidation sites excluding steroid dienone is 1. The van der Waals surface area contributed by atoms with Gasteiger partial charge in [-0.15, -0.1) is 0 Å². The van der Waals surface area contributed by atoms with Gasteiger partial charge in [0.2, 0.25) is 17.7 Å². The topological polar surface area (TPSA) is 165 Å². The SMILES string of the molecule is CN1CCCC/C=C\C2CC2(S(=O)(=O)C2CC2)NC(=O)C2(C(N)=O)CC(OC(=O)Nc3ccccc3F)CC2C1=O. The summed E-state index contributed by atoms with van der Waals surface area (Å²) in [4.78, 5) is 53.5. The van der Waals surface area contributed by atoms with E-state index in [1.165, 1.54) is 23.1 Å². The van der Waals surface area contributed by atoms with E-state index in [0.717, 1.165) is 12.5 Å². The fraction of sp³-hybridized carbons (Fsp3) is 0.571. The Morgan fingerprint density at radius 3 is 2.59 bits per heavy atom. The smallest absolute Gasteiger partial charge is 0.411 e. The molecule has 3 saturated carbocycles. The van der Waals surface area contributed by atoms with Gasteiger partial charge in [-0.05, 0) is 57.1 Å². The maximum absolute atomic E-state index is 14.1. The number of carbonyl (C=O) groups is 4. The highest BCUT2D eigenvalue weighted by Crippen LogP contribution is 2.55. The van der Waals surface area contributed by atoms with E-state index in [2.05, 4.69) is 10.6 Å². The van der Waals surface area contributed by atoms with Crippen LogP contribution in [-0.4, -0.2) is 66.9 Å². The molecule has 0 radical (unpaired) electrons. The second-order valence-corrected chi connectivity index (χ2v) is 14.0. The predicted molar refractivity (Wildman–Crippen MR) is 146 cm³/mol. The largest absolute Gasteiger partial charge is 0.446 e. The number of fused-ring (bicyclic) bond motifs is 2. The highest BCUT2D eigenvalue weighted by Gasteiger charge is 2.70. The maximum atomic E-state index is 14.1. The summed E-state index contributed by atoms with van der Waals surface area (Å²) < 4.78 is 46.6. The Morgan fingerprint density at radius 1 is 1.17 bits per heavy atom. The van der Waals surface area contributed by atoms with Crippen LogP contribution in [0.5, 0.6) is 0 Å². The number of sulfone groups is 1. The lowest BCUT2D eigenvalue weighted by Gasteiger charge is -2.34. The van der Waals surface area contributed by atoms with E-state index in [-0.39, 0.29) is 18.5 Å². The first-order chi connectivity index (χ1) is 19.4. The number of primary amides is 1. The van der Waals surface area contributed by atoms with Gasteiger partial charge in [-0.2, -0.15) is 0 Å². The van der Waals surface area contributed by atoms with Crippen molar-refractivity contribution >= 4 is 39.3 Å². The van der Waals surface area contributed by atoms with Crippen LogP contribution in [0, 0.1) is 23.1 Å². The van der Waals surface area contributed by atoms with Crippen molar-refractivity contribution in [3.63, 3.8) is 0 Å². The molecule has 0 bridgehead atoms. The van der Waals surface area contributed by atoms with Gasteiger partial charge in [0.15, 0.2) is 9.84 Å². The fourth-order valence-corrected chi connectivity index (χ4v) is 8.70. The van der Waals surface area contributed by atoms with Gasteiger partial charge in [0.05, 0.1) is 16.9 Å². The molecular weight excluding hydrogens is 555 g/mol. The fourth-order valence-electron chi connectivity index (χ4n) is 6.20. The minimum absolute atomic E-state index is 0.132. The van der Waals surface area contributed by atoms with Crippen molar-refractivity contribution < 1.29 is 36.7 Å². The highest BCUT2D eigenvalue weighted by molar-refractivity contribution is 7.94. The van der Waals surface area contributed by atoms with Crippen molar-refractivity contribution in [3.8, 4) is 0 Å². The third kappa shape index (κ3) is 5.20. The Morgan fingerprint density at radius 2 is 1.90 bits per heavy atom. The number of ether oxygens (including phenoxy) is 1. The molecular formula is C28H35FN4O7S. The Bertz CT molecular complexity index is 1400. The lowest BCUT2D eigenvalue weighted by molar-refractivity contribution is -0.153. The lowest BCUT2D eigenvalue weighted by atomic mass is 9.75. The Labute approximate surface area is 237 Å². The maximum Gasteiger partial charge on any atom is 0.411 e. The molecule has 0 spiro atoms. The van der Waals surface area contributed by atoms with Crippen molar-refractivity contribution in [1.82, 2.24) is 10.2 Å². The van der Waals surface area contributed by atoms with E-state index in [0.29, 0.717) is 32.2 Å². The van der Waals surface area contributed by atoms with E-state index in [9.17, 15) is 32.0 Å². The molecule has 222 valence electrons. The third-order valence-electron chi connectivity index (χ3n) is 8.79. The summed E-state index contributed by atoms with van der Waals surface area (Å²) in [6.45, 7) is 0.363. The van der Waals surface area contributed by atoms with Gasteiger partial charge >= 0.3 is 6.09 Å². The van der Waals surface area contributed by atoms with Crippen LogP contribution in [-0.2, 0) is 29.0 Å². The van der Waals surface area contributed by atoms with Crippen molar-refractivity contribution in [2.24, 2.45) is 23.0 Å². The molecule has 0 aromatic heterocycles. The molecule has 5 unspecified atom stereocenters. The Balaban J connectivity index is 1.48. The van der Waals surface area contributed by atoms with Crippen LogP contribution in [0.2, 0.25) is 0 Å². The number of nitrogens with zero attached hydrogens (tertiary/aromatic N) is 1. The average Bonchev–Trinajstić information content (AvgIpc) is 3.84. The third-order valence-corrected chi connectivity index (χ3v) is 11.7. The summed E-state index contributed by atoms with van der Waals surface area (Å²) in [5, 5.41) is 4.39. The van der Waals surface area contributed by atoms with Crippen molar-refractivity contribution in [2.75, 3.05) is 18.9 Å². The van der Waals surface area contributed by atoms with Crippen molar-refractivity contribution in [2.45, 2.75) is 67.6 Å². The number of benzene rings is 1. The number of halogens is 1. The Kier molecular flexibility index (Phi) is 7.60. The molecule has 1 aromatic carbocycles. The van der Waals surface area contributed by atoms with Crippen LogP contribution in [0.3, 0.4) is 0 Å². The molecule has 41 heavy (non-hydrogen) atoms. The first kappa shape index (κ1) is 29.0. The minimum Gasteiger partial charge on any atom is -0.446 e. The molecule has 0 saturated heterocycles. The lowest BCUT2D eigenvalue weighted by Crippen LogP contribution is -2.59. The number of nitrogens with one attached hydrogen (secondary N) is 2. The number of rotatable bonds is 5. The second-order valence-electron chi connectivity index (χ2n) is 11.5. The molecule has 4 N–H and O–H groups in total. The van der Waals surface area contributed by atoms with Crippen LogP contribution in [0.4, 0.5) is 14.9 Å². The number of anilines is 1. The molecule has 5 rings (SSSR count). The van der Waals surface area contributed by atoms with Crippen molar-refractivity contribution in [1.29, 1.82) is 0 Å². The highest BCUT2D eigenvalue weighted by atomic mass is 32.2. The van der Waals surface area contributed by atoms with Crippen LogP contribution >= 0.6 is 0 Å². The molecule has 11 nitrogen and oxygen atoms in total. The average molecular weight is 591 g/mol. The molecule has 4 amide bonds. The van der Waals surface area contributed by atoms with Gasteiger partial charge < -0.3 is 20.7 Å². The zero-order valence-electron chi connectivity index (χ0n) is 22.8. The number of hydrogen-bond donors (Lipinski definition) is 3. The summed E-state index contributed by atoms with van der Waals surface area (Å²) in [5.41, 5.74) is 3.56. The van der Waals surface area contributed by atoms with Crippen molar-refractivity contribution in [3.05, 3.63) is 42.2 Å². The first-order valence-corrected chi connectivity index (χ1v) is 15.5. The van der Waals surface area contributed by atoms with Gasteiger partial charge in [0.25, 0.3) is 0 Å². The van der Waals surface area contributed by atoms with Gasteiger partial charge in [-0.3, -0.25) is 19.7 Å². The van der Waals surface area contributed by atoms with E-state index < -0.39 is 79.4 Å². The van der Waals surface area contributed by atoms with Gasteiger partial charge in [0.1, 0.15) is 22.2 Å². The number of nitrogens with two attached hydrogens (primary N) is 1. The molecule has 13 heteroatoms. The van der Waals surface area contributed by atoms with Crippen LogP contribution < -0.4 is 16.4 Å². The quantitative estimate of drug-likeness (QED) is 0.349. The van der Waals surface area contributed by atoms with E-state index >= 15 is 0 Å². The summed E-state index contributed by atoms with van der Waals surface area (Å²) in [6, 6.07) is 5.46. The predicted octanol–water partition coefficient (Wildman–Crippen LogP) is 2.23. The van der Waals surface area contributed by atoms with Crippen LogP contribution in [0.15, 0.2) is 36.4 Å². The molecule has 1 aromatic rings. The molecule has 1 aliphatic heterocycles. The summed E-state index contributed by atoms with van der Waals surface area (Å²) >= 11 is 0. The number of hydrogen-bond acceptors (Lipinski definition) is 7. The molecule has 3 aliphatic carbocycles. The summed E-state index contributed by atoms with van der Waals surface area (Å²) in [5.74, 6) is -5.06. The zero-order chi connectivity index (χ0) is 29.6. The van der Waals surface area contributed by atoms with Crippen LogP contribution in [0.1, 0.15) is 51.4 Å². The molecule has 5 atom stereocenters. The number of para-hydroxylation sites is 1. The van der Waals surface area contributed by atoms with E-state index in [4.69, 9.17) is 10.5 Å². The Hall–Kier alpha value is -3.48. The second kappa shape index (κ2) is 10.7. The number of carbonyl (C=O) groups excluding carboxylic acids is 4. The van der Waals surface area contributed by atoms with Gasteiger partial charge in [-0.1, -0.05) is 24.3 Å². The molecule has 1 heterocycles. The molecule has 3 fully saturated rings. The normalized spacial score (nSPS) is 33.0. The summed E-state index contributed by atoms with van der Waals surface area (Å²) in [7, 11) is -2.23.